The summed E-state index contributed by atoms with van der Waals surface area (Å²) in [5.41, 5.74) is 2.72. The van der Waals surface area contributed by atoms with Crippen LogP contribution in [0.4, 0.5) is 0 Å². The molecular formula is C23H30N2O4S. The zero-order valence-corrected chi connectivity index (χ0v) is 18.8. The number of benzene rings is 2. The summed E-state index contributed by atoms with van der Waals surface area (Å²) in [6.45, 7) is 4.66. The Morgan fingerprint density at radius 1 is 1.10 bits per heavy atom. The van der Waals surface area contributed by atoms with E-state index in [0.717, 1.165) is 11.1 Å². The predicted molar refractivity (Wildman–Crippen MR) is 117 cm³/mol. The molecule has 0 aromatic heterocycles. The summed E-state index contributed by atoms with van der Waals surface area (Å²) in [5, 5.41) is 10.7. The van der Waals surface area contributed by atoms with Crippen molar-refractivity contribution in [2.45, 2.75) is 37.7 Å². The Labute approximate surface area is 179 Å². The molecule has 2 aromatic rings. The van der Waals surface area contributed by atoms with E-state index >= 15 is 0 Å². The van der Waals surface area contributed by atoms with Crippen molar-refractivity contribution in [2.75, 3.05) is 27.2 Å². The predicted octanol–water partition coefficient (Wildman–Crippen LogP) is 3.14. The number of aliphatic hydroxyl groups excluding tert-OH is 1. The molecule has 7 heteroatoms. The minimum atomic E-state index is -3.64. The van der Waals surface area contributed by atoms with Gasteiger partial charge in [-0.15, -0.1) is 0 Å². The van der Waals surface area contributed by atoms with Crippen molar-refractivity contribution in [2.24, 2.45) is 5.92 Å². The Hall–Kier alpha value is -2.22. The van der Waals surface area contributed by atoms with Crippen molar-refractivity contribution >= 4 is 15.9 Å². The van der Waals surface area contributed by atoms with Gasteiger partial charge in [0.25, 0.3) is 5.91 Å². The average Bonchev–Trinajstić information content (AvgIpc) is 2.75. The number of hydrogen-bond acceptors (Lipinski definition) is 4. The number of hydrogen-bond donors (Lipinski definition) is 1. The van der Waals surface area contributed by atoms with Crippen LogP contribution in [-0.2, 0) is 10.0 Å². The summed E-state index contributed by atoms with van der Waals surface area (Å²) in [6.07, 6.45) is 0.868. The van der Waals surface area contributed by atoms with Gasteiger partial charge >= 0.3 is 0 Å². The van der Waals surface area contributed by atoms with Crippen LogP contribution in [0.2, 0.25) is 0 Å². The first-order chi connectivity index (χ1) is 14.1. The van der Waals surface area contributed by atoms with Crippen molar-refractivity contribution < 1.29 is 18.3 Å². The van der Waals surface area contributed by atoms with Gasteiger partial charge < -0.3 is 10.0 Å². The van der Waals surface area contributed by atoms with E-state index in [2.05, 4.69) is 0 Å². The van der Waals surface area contributed by atoms with Gasteiger partial charge in [0.1, 0.15) is 0 Å². The molecule has 2 aromatic carbocycles. The molecule has 0 spiro atoms. The van der Waals surface area contributed by atoms with Crippen molar-refractivity contribution in [1.29, 1.82) is 0 Å². The molecule has 0 radical (unpaired) electrons. The van der Waals surface area contributed by atoms with Crippen molar-refractivity contribution in [3.8, 4) is 0 Å². The molecule has 162 valence electrons. The molecule has 6 nitrogen and oxygen atoms in total. The molecule has 1 N–H and O–H groups in total. The fraction of sp³-hybridized carbons (Fsp3) is 0.435. The first kappa shape index (κ1) is 22.5. The highest BCUT2D eigenvalue weighted by Crippen LogP contribution is 2.31. The fourth-order valence-electron chi connectivity index (χ4n) is 3.94. The molecule has 0 aliphatic carbocycles. The maximum Gasteiger partial charge on any atom is 0.253 e. The first-order valence-corrected chi connectivity index (χ1v) is 11.6. The second kappa shape index (κ2) is 8.88. The summed E-state index contributed by atoms with van der Waals surface area (Å²) < 4.78 is 26.5. The van der Waals surface area contributed by atoms with Gasteiger partial charge in [-0.1, -0.05) is 30.3 Å². The van der Waals surface area contributed by atoms with Crippen LogP contribution in [-0.4, -0.2) is 55.8 Å². The summed E-state index contributed by atoms with van der Waals surface area (Å²) in [5.74, 6) is -0.0677. The van der Waals surface area contributed by atoms with Gasteiger partial charge in [-0.2, -0.15) is 0 Å². The molecule has 1 unspecified atom stereocenters. The molecule has 1 saturated heterocycles. The fourth-order valence-corrected chi connectivity index (χ4v) is 5.16. The highest BCUT2D eigenvalue weighted by Gasteiger charge is 2.30. The van der Waals surface area contributed by atoms with Crippen LogP contribution in [0.3, 0.4) is 0 Å². The van der Waals surface area contributed by atoms with Crippen molar-refractivity contribution in [3.05, 3.63) is 64.7 Å². The third-order valence-corrected chi connectivity index (χ3v) is 7.98. The van der Waals surface area contributed by atoms with E-state index in [1.165, 1.54) is 24.5 Å². The smallest absolute Gasteiger partial charge is 0.253 e. The van der Waals surface area contributed by atoms with Gasteiger partial charge in [0, 0.05) is 32.7 Å². The van der Waals surface area contributed by atoms with E-state index in [0.29, 0.717) is 37.1 Å². The summed E-state index contributed by atoms with van der Waals surface area (Å²) >= 11 is 0. The molecule has 1 aliphatic heterocycles. The van der Waals surface area contributed by atoms with E-state index in [1.807, 2.05) is 37.3 Å². The Morgan fingerprint density at radius 2 is 1.70 bits per heavy atom. The van der Waals surface area contributed by atoms with Crippen LogP contribution < -0.4 is 0 Å². The molecule has 1 atom stereocenters. The van der Waals surface area contributed by atoms with Gasteiger partial charge in [0.05, 0.1) is 11.0 Å². The van der Waals surface area contributed by atoms with Gasteiger partial charge in [-0.05, 0) is 61.4 Å². The molecule has 3 rings (SSSR count). The normalized spacial score (nSPS) is 16.7. The number of likely N-dealkylation sites (tertiary alicyclic amines) is 1. The third kappa shape index (κ3) is 4.43. The molecule has 1 heterocycles. The van der Waals surface area contributed by atoms with Crippen LogP contribution in [0.15, 0.2) is 47.4 Å². The minimum Gasteiger partial charge on any atom is -0.388 e. The van der Waals surface area contributed by atoms with Crippen LogP contribution in [0, 0.1) is 19.8 Å². The third-order valence-electron chi connectivity index (χ3n) is 6.04. The lowest BCUT2D eigenvalue weighted by molar-refractivity contribution is 0.0462. The Kier molecular flexibility index (Phi) is 6.65. The van der Waals surface area contributed by atoms with Crippen molar-refractivity contribution in [3.63, 3.8) is 0 Å². The largest absolute Gasteiger partial charge is 0.388 e. The maximum absolute atomic E-state index is 13.1. The van der Waals surface area contributed by atoms with E-state index in [-0.39, 0.29) is 16.7 Å². The van der Waals surface area contributed by atoms with Gasteiger partial charge in [-0.25, -0.2) is 12.7 Å². The number of aliphatic hydroxyl groups is 1. The van der Waals surface area contributed by atoms with Crippen LogP contribution >= 0.6 is 0 Å². The average molecular weight is 431 g/mol. The lowest BCUT2D eigenvalue weighted by Gasteiger charge is -2.34. The number of rotatable bonds is 5. The zero-order chi connectivity index (χ0) is 22.1. The number of carbonyl (C=O) groups excluding carboxylic acids is 1. The van der Waals surface area contributed by atoms with Gasteiger partial charge in [0.15, 0.2) is 0 Å². The Bertz CT molecular complexity index is 1010. The maximum atomic E-state index is 13.1. The van der Waals surface area contributed by atoms with E-state index < -0.39 is 16.1 Å². The molecular weight excluding hydrogens is 400 g/mol. The summed E-state index contributed by atoms with van der Waals surface area (Å²) in [6, 6.07) is 12.8. The molecule has 30 heavy (non-hydrogen) atoms. The topological polar surface area (TPSA) is 77.9 Å². The highest BCUT2D eigenvalue weighted by atomic mass is 32.2. The number of aryl methyl sites for hydroxylation is 1. The highest BCUT2D eigenvalue weighted by molar-refractivity contribution is 7.89. The van der Waals surface area contributed by atoms with Crippen LogP contribution in [0.1, 0.15) is 46.0 Å². The van der Waals surface area contributed by atoms with E-state index in [4.69, 9.17) is 0 Å². The number of amides is 1. The second-order valence-corrected chi connectivity index (χ2v) is 10.3. The standard InChI is InChI=1S/C23H30N2O4S/c1-16-14-20(15-21(17(16)2)30(28,29)24(3)4)23(27)25-12-10-19(11-13-25)22(26)18-8-6-5-7-9-18/h5-9,14-15,19,22,26H,10-13H2,1-4H3. The molecule has 0 bridgehead atoms. The molecule has 1 fully saturated rings. The number of carbonyl (C=O) groups is 1. The Morgan fingerprint density at radius 3 is 2.27 bits per heavy atom. The molecule has 1 amide bonds. The van der Waals surface area contributed by atoms with Crippen LogP contribution in [0.5, 0.6) is 0 Å². The monoisotopic (exact) mass is 430 g/mol. The Balaban J connectivity index is 1.76. The SMILES string of the molecule is Cc1cc(C(=O)N2CCC(C(O)c3ccccc3)CC2)cc(S(=O)(=O)N(C)C)c1C. The zero-order valence-electron chi connectivity index (χ0n) is 18.0. The molecule has 1 aliphatic rings. The first-order valence-electron chi connectivity index (χ1n) is 10.2. The summed E-state index contributed by atoms with van der Waals surface area (Å²) in [7, 11) is -0.663. The lowest BCUT2D eigenvalue weighted by Crippen LogP contribution is -2.40. The quantitative estimate of drug-likeness (QED) is 0.791. The number of piperidine rings is 1. The van der Waals surface area contributed by atoms with Gasteiger partial charge in [-0.3, -0.25) is 4.79 Å². The number of sulfonamides is 1. The second-order valence-electron chi connectivity index (χ2n) is 8.19. The minimum absolute atomic E-state index is 0.0980. The van der Waals surface area contributed by atoms with Crippen LogP contribution in [0.25, 0.3) is 0 Å². The van der Waals surface area contributed by atoms with E-state index in [9.17, 15) is 18.3 Å². The van der Waals surface area contributed by atoms with Crippen molar-refractivity contribution in [1.82, 2.24) is 9.21 Å². The number of nitrogens with zero attached hydrogens (tertiary/aromatic N) is 2. The van der Waals surface area contributed by atoms with Gasteiger partial charge in [0.2, 0.25) is 10.0 Å². The van der Waals surface area contributed by atoms with E-state index in [1.54, 1.807) is 17.9 Å². The summed E-state index contributed by atoms with van der Waals surface area (Å²) in [4.78, 5) is 15.0. The molecule has 0 saturated carbocycles. The lowest BCUT2D eigenvalue weighted by atomic mass is 9.87.